The lowest BCUT2D eigenvalue weighted by Gasteiger charge is -2.19. The van der Waals surface area contributed by atoms with E-state index in [1.807, 2.05) is 0 Å². The standard InChI is InChI=1S/C14H20ClNO/c1-3-9-16(10-4-2)11-14(17)12-5-7-13(15)8-6-12/h5-8H,3-4,9-11H2,1-2H3. The summed E-state index contributed by atoms with van der Waals surface area (Å²) in [4.78, 5) is 14.2. The molecule has 0 aromatic heterocycles. The Morgan fingerprint density at radius 1 is 1.12 bits per heavy atom. The van der Waals surface area contributed by atoms with Crippen molar-refractivity contribution < 1.29 is 4.79 Å². The average molecular weight is 254 g/mol. The summed E-state index contributed by atoms with van der Waals surface area (Å²) in [5.41, 5.74) is 0.742. The molecule has 0 atom stereocenters. The summed E-state index contributed by atoms with van der Waals surface area (Å²) in [5, 5.41) is 0.667. The van der Waals surface area contributed by atoms with E-state index in [-0.39, 0.29) is 5.78 Å². The minimum absolute atomic E-state index is 0.170. The molecule has 0 unspecified atom stereocenters. The van der Waals surface area contributed by atoms with Gasteiger partial charge in [-0.3, -0.25) is 9.69 Å². The fourth-order valence-corrected chi connectivity index (χ4v) is 1.96. The molecule has 1 rings (SSSR count). The molecule has 1 aromatic rings. The Hall–Kier alpha value is -0.860. The third-order valence-electron chi connectivity index (χ3n) is 2.61. The zero-order chi connectivity index (χ0) is 12.7. The van der Waals surface area contributed by atoms with Crippen molar-refractivity contribution in [2.45, 2.75) is 26.7 Å². The van der Waals surface area contributed by atoms with Crippen molar-refractivity contribution in [2.75, 3.05) is 19.6 Å². The SMILES string of the molecule is CCCN(CCC)CC(=O)c1ccc(Cl)cc1. The van der Waals surface area contributed by atoms with E-state index in [0.29, 0.717) is 11.6 Å². The molecule has 2 nitrogen and oxygen atoms in total. The molecule has 0 bridgehead atoms. The van der Waals surface area contributed by atoms with Crippen molar-refractivity contribution in [3.8, 4) is 0 Å². The van der Waals surface area contributed by atoms with Crippen molar-refractivity contribution in [1.29, 1.82) is 0 Å². The van der Waals surface area contributed by atoms with Gasteiger partial charge >= 0.3 is 0 Å². The van der Waals surface area contributed by atoms with Gasteiger partial charge in [0, 0.05) is 10.6 Å². The summed E-state index contributed by atoms with van der Waals surface area (Å²) >= 11 is 5.80. The van der Waals surface area contributed by atoms with Crippen LogP contribution in [0.3, 0.4) is 0 Å². The molecule has 1 aromatic carbocycles. The van der Waals surface area contributed by atoms with Crippen molar-refractivity contribution in [2.24, 2.45) is 0 Å². The lowest BCUT2D eigenvalue weighted by atomic mass is 10.1. The molecule has 0 spiro atoms. The molecule has 0 fully saturated rings. The maximum atomic E-state index is 12.0. The molecule has 0 heterocycles. The van der Waals surface area contributed by atoms with Gasteiger partial charge in [0.1, 0.15) is 0 Å². The van der Waals surface area contributed by atoms with Gasteiger partial charge in [0.25, 0.3) is 0 Å². The van der Waals surface area contributed by atoms with Crippen LogP contribution in [0.1, 0.15) is 37.0 Å². The van der Waals surface area contributed by atoms with Crippen LogP contribution >= 0.6 is 11.6 Å². The molecule has 0 N–H and O–H groups in total. The largest absolute Gasteiger partial charge is 0.296 e. The predicted octanol–water partition coefficient (Wildman–Crippen LogP) is 3.64. The second kappa shape index (κ2) is 7.46. The topological polar surface area (TPSA) is 20.3 Å². The molecule has 0 aliphatic heterocycles. The molecule has 0 radical (unpaired) electrons. The first-order valence-corrected chi connectivity index (χ1v) is 6.56. The summed E-state index contributed by atoms with van der Waals surface area (Å²) in [6.07, 6.45) is 2.15. The molecule has 94 valence electrons. The molecule has 0 saturated carbocycles. The van der Waals surface area contributed by atoms with Crippen LogP contribution in [-0.2, 0) is 0 Å². The van der Waals surface area contributed by atoms with Gasteiger partial charge in [-0.25, -0.2) is 0 Å². The number of benzene rings is 1. The van der Waals surface area contributed by atoms with Crippen LogP contribution in [-0.4, -0.2) is 30.3 Å². The summed E-state index contributed by atoms with van der Waals surface area (Å²) in [6, 6.07) is 7.11. The maximum Gasteiger partial charge on any atom is 0.176 e. The fourth-order valence-electron chi connectivity index (χ4n) is 1.83. The van der Waals surface area contributed by atoms with Gasteiger partial charge in [0.05, 0.1) is 6.54 Å². The number of Topliss-reactive ketones (excluding diaryl/α,β-unsaturated/α-hetero) is 1. The summed E-state index contributed by atoms with van der Waals surface area (Å²) in [6.45, 7) is 6.73. The lowest BCUT2D eigenvalue weighted by Crippen LogP contribution is -2.31. The van der Waals surface area contributed by atoms with E-state index in [1.165, 1.54) is 0 Å². The molecular formula is C14H20ClNO. The van der Waals surface area contributed by atoms with E-state index in [4.69, 9.17) is 11.6 Å². The highest BCUT2D eigenvalue weighted by atomic mass is 35.5. The normalized spacial score (nSPS) is 10.8. The van der Waals surface area contributed by atoms with Crippen LogP contribution in [0.5, 0.6) is 0 Å². The van der Waals surface area contributed by atoms with Gasteiger partial charge in [-0.05, 0) is 50.2 Å². The molecule has 0 aliphatic carbocycles. The van der Waals surface area contributed by atoms with Gasteiger partial charge in [-0.1, -0.05) is 25.4 Å². The van der Waals surface area contributed by atoms with E-state index in [2.05, 4.69) is 18.7 Å². The van der Waals surface area contributed by atoms with Gasteiger partial charge in [0.15, 0.2) is 5.78 Å². The summed E-state index contributed by atoms with van der Waals surface area (Å²) < 4.78 is 0. The summed E-state index contributed by atoms with van der Waals surface area (Å²) in [5.74, 6) is 0.170. The molecule has 0 aliphatic rings. The third kappa shape index (κ3) is 4.88. The van der Waals surface area contributed by atoms with Crippen molar-refractivity contribution in [3.63, 3.8) is 0 Å². The number of rotatable bonds is 7. The number of carbonyl (C=O) groups is 1. The van der Waals surface area contributed by atoms with Gasteiger partial charge in [0.2, 0.25) is 0 Å². The lowest BCUT2D eigenvalue weighted by molar-refractivity contribution is 0.0930. The van der Waals surface area contributed by atoms with E-state index in [9.17, 15) is 4.79 Å². The van der Waals surface area contributed by atoms with Gasteiger partial charge in [-0.15, -0.1) is 0 Å². The minimum Gasteiger partial charge on any atom is -0.296 e. The van der Waals surface area contributed by atoms with E-state index in [0.717, 1.165) is 31.5 Å². The fraction of sp³-hybridized carbons (Fsp3) is 0.500. The first kappa shape index (κ1) is 14.2. The quantitative estimate of drug-likeness (QED) is 0.692. The van der Waals surface area contributed by atoms with E-state index >= 15 is 0 Å². The van der Waals surface area contributed by atoms with Crippen molar-refractivity contribution >= 4 is 17.4 Å². The van der Waals surface area contributed by atoms with Gasteiger partial charge in [-0.2, -0.15) is 0 Å². The highest BCUT2D eigenvalue weighted by Gasteiger charge is 2.11. The van der Waals surface area contributed by atoms with E-state index < -0.39 is 0 Å². The second-order valence-corrected chi connectivity index (χ2v) is 4.64. The Balaban J connectivity index is 2.60. The second-order valence-electron chi connectivity index (χ2n) is 4.21. The first-order valence-electron chi connectivity index (χ1n) is 6.18. The van der Waals surface area contributed by atoms with Crippen LogP contribution in [0, 0.1) is 0 Å². The maximum absolute atomic E-state index is 12.0. The number of nitrogens with zero attached hydrogens (tertiary/aromatic N) is 1. The zero-order valence-electron chi connectivity index (χ0n) is 10.6. The Morgan fingerprint density at radius 3 is 2.12 bits per heavy atom. The van der Waals surface area contributed by atoms with Gasteiger partial charge < -0.3 is 0 Å². The molecular weight excluding hydrogens is 234 g/mol. The Labute approximate surface area is 109 Å². The van der Waals surface area contributed by atoms with Crippen LogP contribution in [0.4, 0.5) is 0 Å². The number of hydrogen-bond donors (Lipinski definition) is 0. The summed E-state index contributed by atoms with van der Waals surface area (Å²) in [7, 11) is 0. The molecule has 0 saturated heterocycles. The molecule has 0 amide bonds. The van der Waals surface area contributed by atoms with Crippen LogP contribution < -0.4 is 0 Å². The highest BCUT2D eigenvalue weighted by molar-refractivity contribution is 6.30. The third-order valence-corrected chi connectivity index (χ3v) is 2.87. The van der Waals surface area contributed by atoms with Crippen molar-refractivity contribution in [1.82, 2.24) is 4.90 Å². The Kier molecular flexibility index (Phi) is 6.23. The highest BCUT2D eigenvalue weighted by Crippen LogP contribution is 2.10. The number of carbonyl (C=O) groups excluding carboxylic acids is 1. The van der Waals surface area contributed by atoms with Crippen LogP contribution in [0.25, 0.3) is 0 Å². The Morgan fingerprint density at radius 2 is 1.65 bits per heavy atom. The molecule has 17 heavy (non-hydrogen) atoms. The predicted molar refractivity (Wildman–Crippen MR) is 72.8 cm³/mol. The van der Waals surface area contributed by atoms with Crippen LogP contribution in [0.15, 0.2) is 24.3 Å². The Bertz CT molecular complexity index is 342. The van der Waals surface area contributed by atoms with Crippen LogP contribution in [0.2, 0.25) is 5.02 Å². The average Bonchev–Trinajstić information content (AvgIpc) is 2.30. The van der Waals surface area contributed by atoms with E-state index in [1.54, 1.807) is 24.3 Å². The molecule has 3 heteroatoms. The van der Waals surface area contributed by atoms with Crippen molar-refractivity contribution in [3.05, 3.63) is 34.9 Å². The number of ketones is 1. The first-order chi connectivity index (χ1) is 8.17. The smallest absolute Gasteiger partial charge is 0.176 e. The minimum atomic E-state index is 0.170. The zero-order valence-corrected chi connectivity index (χ0v) is 11.3. The number of halogens is 1. The number of hydrogen-bond acceptors (Lipinski definition) is 2. The monoisotopic (exact) mass is 253 g/mol.